The molecule has 1 amide bonds. The van der Waals surface area contributed by atoms with Gasteiger partial charge in [-0.15, -0.1) is 5.10 Å². The van der Waals surface area contributed by atoms with Crippen LogP contribution < -0.4 is 5.32 Å². The summed E-state index contributed by atoms with van der Waals surface area (Å²) in [6.07, 6.45) is 5.79. The molecule has 3 rings (SSSR count). The summed E-state index contributed by atoms with van der Waals surface area (Å²) in [6.45, 7) is 2.95. The summed E-state index contributed by atoms with van der Waals surface area (Å²) < 4.78 is 1.72. The fourth-order valence-electron chi connectivity index (χ4n) is 3.63. The first-order valence-corrected chi connectivity index (χ1v) is 8.73. The molecule has 0 unspecified atom stereocenters. The first-order chi connectivity index (χ1) is 11.6. The first-order valence-electron chi connectivity index (χ1n) is 8.73. The van der Waals surface area contributed by atoms with Crippen molar-refractivity contribution in [3.8, 4) is 0 Å². The molecule has 0 radical (unpaired) electrons. The second kappa shape index (κ2) is 7.29. The van der Waals surface area contributed by atoms with E-state index in [0.717, 1.165) is 49.9 Å². The van der Waals surface area contributed by atoms with Gasteiger partial charge in [-0.05, 0) is 45.1 Å². The standard InChI is InChI=1S/C16H25N5O3/c1-2-20(10-16(23)24)12-7-11(8-12)17-15(22)9-21-14-6-4-3-5-13(14)18-19-21/h11-12H,2-10H2,1H3,(H,17,22)(H,23,24). The van der Waals surface area contributed by atoms with Gasteiger partial charge < -0.3 is 10.4 Å². The van der Waals surface area contributed by atoms with Crippen LogP contribution in [0.5, 0.6) is 0 Å². The van der Waals surface area contributed by atoms with Crippen LogP contribution in [0.15, 0.2) is 0 Å². The molecule has 2 aliphatic carbocycles. The van der Waals surface area contributed by atoms with Crippen LogP contribution >= 0.6 is 0 Å². The van der Waals surface area contributed by atoms with Gasteiger partial charge in [-0.2, -0.15) is 0 Å². The van der Waals surface area contributed by atoms with Crippen molar-refractivity contribution in [1.29, 1.82) is 0 Å². The lowest BCUT2D eigenvalue weighted by atomic mass is 9.85. The van der Waals surface area contributed by atoms with Gasteiger partial charge in [0.15, 0.2) is 0 Å². The van der Waals surface area contributed by atoms with E-state index in [0.29, 0.717) is 6.54 Å². The topological polar surface area (TPSA) is 100 Å². The number of hydrogen-bond acceptors (Lipinski definition) is 5. The summed E-state index contributed by atoms with van der Waals surface area (Å²) >= 11 is 0. The molecular formula is C16H25N5O3. The molecule has 132 valence electrons. The van der Waals surface area contributed by atoms with Crippen LogP contribution in [-0.4, -0.2) is 62.0 Å². The van der Waals surface area contributed by atoms with Crippen molar-refractivity contribution in [1.82, 2.24) is 25.2 Å². The molecule has 0 atom stereocenters. The number of likely N-dealkylation sites (N-methyl/N-ethyl adjacent to an activating group) is 1. The molecule has 0 aromatic carbocycles. The van der Waals surface area contributed by atoms with E-state index in [9.17, 15) is 9.59 Å². The van der Waals surface area contributed by atoms with E-state index in [1.807, 2.05) is 11.8 Å². The minimum atomic E-state index is -0.805. The number of aryl methyl sites for hydroxylation is 1. The van der Waals surface area contributed by atoms with Crippen molar-refractivity contribution in [2.75, 3.05) is 13.1 Å². The molecule has 1 heterocycles. The lowest BCUT2D eigenvalue weighted by molar-refractivity contribution is -0.139. The lowest BCUT2D eigenvalue weighted by Crippen LogP contribution is -2.55. The molecule has 0 saturated heterocycles. The number of hydrogen-bond donors (Lipinski definition) is 2. The van der Waals surface area contributed by atoms with Gasteiger partial charge in [-0.1, -0.05) is 12.1 Å². The number of fused-ring (bicyclic) bond motifs is 1. The number of nitrogens with one attached hydrogen (secondary N) is 1. The molecule has 8 nitrogen and oxygen atoms in total. The third-order valence-electron chi connectivity index (χ3n) is 5.03. The molecule has 1 aromatic rings. The fourth-order valence-corrected chi connectivity index (χ4v) is 3.63. The molecule has 0 bridgehead atoms. The van der Waals surface area contributed by atoms with Gasteiger partial charge in [0, 0.05) is 12.1 Å². The third kappa shape index (κ3) is 3.75. The van der Waals surface area contributed by atoms with E-state index in [1.165, 1.54) is 0 Å². The Morgan fingerprint density at radius 1 is 1.33 bits per heavy atom. The Morgan fingerprint density at radius 3 is 2.79 bits per heavy atom. The maximum absolute atomic E-state index is 12.2. The molecule has 24 heavy (non-hydrogen) atoms. The van der Waals surface area contributed by atoms with Gasteiger partial charge in [-0.25, -0.2) is 4.68 Å². The zero-order valence-electron chi connectivity index (χ0n) is 14.1. The summed E-state index contributed by atoms with van der Waals surface area (Å²) in [5, 5.41) is 20.2. The smallest absolute Gasteiger partial charge is 0.317 e. The van der Waals surface area contributed by atoms with Crippen LogP contribution in [0.2, 0.25) is 0 Å². The summed E-state index contributed by atoms with van der Waals surface area (Å²) in [6, 6.07) is 0.375. The molecule has 1 fully saturated rings. The second-order valence-corrected chi connectivity index (χ2v) is 6.69. The normalized spacial score (nSPS) is 22.8. The van der Waals surface area contributed by atoms with E-state index in [1.54, 1.807) is 4.68 Å². The maximum atomic E-state index is 12.2. The molecule has 2 aliphatic rings. The number of carbonyl (C=O) groups excluding carboxylic acids is 1. The number of aromatic nitrogens is 3. The summed E-state index contributed by atoms with van der Waals surface area (Å²) in [5.41, 5.74) is 2.13. The number of carboxylic acids is 1. The zero-order chi connectivity index (χ0) is 17.1. The minimum absolute atomic E-state index is 0.0435. The van der Waals surface area contributed by atoms with Crippen LogP contribution in [0, 0.1) is 0 Å². The minimum Gasteiger partial charge on any atom is -0.480 e. The van der Waals surface area contributed by atoms with Crippen molar-refractivity contribution in [3.63, 3.8) is 0 Å². The number of nitrogens with zero attached hydrogens (tertiary/aromatic N) is 4. The third-order valence-corrected chi connectivity index (χ3v) is 5.03. The summed E-state index contributed by atoms with van der Waals surface area (Å²) in [4.78, 5) is 25.0. The number of rotatable bonds is 7. The predicted molar refractivity (Wildman–Crippen MR) is 86.5 cm³/mol. The van der Waals surface area contributed by atoms with Gasteiger partial charge in [0.2, 0.25) is 5.91 Å². The average Bonchev–Trinajstić information content (AvgIpc) is 2.91. The Hall–Kier alpha value is -1.96. The molecule has 0 aliphatic heterocycles. The van der Waals surface area contributed by atoms with Crippen LogP contribution in [-0.2, 0) is 29.0 Å². The summed E-state index contributed by atoms with van der Waals surface area (Å²) in [5.74, 6) is -0.849. The number of carboxylic acid groups (broad SMARTS) is 1. The van der Waals surface area contributed by atoms with Crippen molar-refractivity contribution < 1.29 is 14.7 Å². The first kappa shape index (κ1) is 16.9. The van der Waals surface area contributed by atoms with Crippen LogP contribution in [0.4, 0.5) is 0 Å². The van der Waals surface area contributed by atoms with E-state index in [2.05, 4.69) is 15.6 Å². The largest absolute Gasteiger partial charge is 0.480 e. The Labute approximate surface area is 141 Å². The Balaban J connectivity index is 1.45. The van der Waals surface area contributed by atoms with Gasteiger partial charge in [0.05, 0.1) is 17.9 Å². The second-order valence-electron chi connectivity index (χ2n) is 6.69. The van der Waals surface area contributed by atoms with E-state index in [-0.39, 0.29) is 31.1 Å². The Kier molecular flexibility index (Phi) is 5.13. The van der Waals surface area contributed by atoms with Gasteiger partial charge in [0.1, 0.15) is 6.54 Å². The zero-order valence-corrected chi connectivity index (χ0v) is 14.1. The van der Waals surface area contributed by atoms with E-state index < -0.39 is 5.97 Å². The Morgan fingerprint density at radius 2 is 2.08 bits per heavy atom. The lowest BCUT2D eigenvalue weighted by Gasteiger charge is -2.42. The monoisotopic (exact) mass is 335 g/mol. The van der Waals surface area contributed by atoms with Gasteiger partial charge >= 0.3 is 5.97 Å². The SMILES string of the molecule is CCN(CC(=O)O)C1CC(NC(=O)Cn2nnc3c2CCCC3)C1. The Bertz CT molecular complexity index is 609. The van der Waals surface area contributed by atoms with Crippen molar-refractivity contribution in [2.45, 2.75) is 64.1 Å². The molecular weight excluding hydrogens is 310 g/mol. The van der Waals surface area contributed by atoms with Crippen LogP contribution in [0.25, 0.3) is 0 Å². The molecule has 1 aromatic heterocycles. The van der Waals surface area contributed by atoms with Crippen molar-refractivity contribution in [2.24, 2.45) is 0 Å². The predicted octanol–water partition coefficient (Wildman–Crippen LogP) is 0.211. The molecule has 0 spiro atoms. The van der Waals surface area contributed by atoms with Gasteiger partial charge in [0.25, 0.3) is 0 Å². The molecule has 2 N–H and O–H groups in total. The maximum Gasteiger partial charge on any atom is 0.317 e. The highest BCUT2D eigenvalue weighted by Gasteiger charge is 2.34. The van der Waals surface area contributed by atoms with Gasteiger partial charge in [-0.3, -0.25) is 14.5 Å². The molecule has 8 heteroatoms. The molecule has 1 saturated carbocycles. The quantitative estimate of drug-likeness (QED) is 0.739. The highest BCUT2D eigenvalue weighted by molar-refractivity contribution is 5.76. The van der Waals surface area contributed by atoms with E-state index in [4.69, 9.17) is 5.11 Å². The number of carbonyl (C=O) groups is 2. The summed E-state index contributed by atoms with van der Waals surface area (Å²) in [7, 11) is 0. The number of aliphatic carboxylic acids is 1. The number of amides is 1. The fraction of sp³-hybridized carbons (Fsp3) is 0.750. The highest BCUT2D eigenvalue weighted by atomic mass is 16.4. The van der Waals surface area contributed by atoms with Crippen molar-refractivity contribution in [3.05, 3.63) is 11.4 Å². The highest BCUT2D eigenvalue weighted by Crippen LogP contribution is 2.25. The van der Waals surface area contributed by atoms with Crippen LogP contribution in [0.3, 0.4) is 0 Å². The average molecular weight is 335 g/mol. The van der Waals surface area contributed by atoms with Crippen LogP contribution in [0.1, 0.15) is 44.0 Å². The van der Waals surface area contributed by atoms with E-state index >= 15 is 0 Å². The van der Waals surface area contributed by atoms with Crippen molar-refractivity contribution >= 4 is 11.9 Å².